The second-order valence-electron chi connectivity index (χ2n) is 7.19. The van der Waals surface area contributed by atoms with Crippen LogP contribution in [0.5, 0.6) is 5.75 Å². The number of rotatable bonds is 4. The number of carbonyl (C=O) groups is 1. The van der Waals surface area contributed by atoms with Gasteiger partial charge in [-0.15, -0.1) is 0 Å². The monoisotopic (exact) mass is 392 g/mol. The van der Waals surface area contributed by atoms with Crippen molar-refractivity contribution in [1.29, 1.82) is 0 Å². The Morgan fingerprint density at radius 2 is 1.97 bits per heavy atom. The first kappa shape index (κ1) is 19.0. The number of hydrogen-bond donors (Lipinski definition) is 1. The van der Waals surface area contributed by atoms with Crippen molar-refractivity contribution in [3.05, 3.63) is 60.0 Å². The van der Waals surface area contributed by atoms with Gasteiger partial charge in [-0.3, -0.25) is 0 Å². The van der Waals surface area contributed by atoms with Crippen LogP contribution in [0.1, 0.15) is 30.2 Å². The number of aryl methyl sites for hydroxylation is 1. The molecule has 1 aliphatic rings. The van der Waals surface area contributed by atoms with Gasteiger partial charge in [0.25, 0.3) is 0 Å². The molecule has 1 aromatic heterocycles. The number of para-hydroxylation sites is 1. The molecule has 0 unspecified atom stereocenters. The van der Waals surface area contributed by atoms with E-state index in [-0.39, 0.29) is 11.9 Å². The zero-order valence-electron chi connectivity index (χ0n) is 16.6. The highest BCUT2D eigenvalue weighted by atomic mass is 16.5. The number of aromatic nitrogens is 2. The molecule has 150 valence electrons. The molecule has 0 aliphatic carbocycles. The SMILES string of the molecule is COc1cccc(-c2noc(C3CCN(C(=O)Nc4ccccc4C)CC3)n2)c1. The van der Waals surface area contributed by atoms with E-state index in [0.717, 1.165) is 35.4 Å². The molecule has 1 saturated heterocycles. The summed E-state index contributed by atoms with van der Waals surface area (Å²) >= 11 is 0. The molecule has 0 atom stereocenters. The molecule has 7 nitrogen and oxygen atoms in total. The third-order valence-corrected chi connectivity index (χ3v) is 5.29. The molecule has 2 heterocycles. The van der Waals surface area contributed by atoms with Gasteiger partial charge < -0.3 is 19.5 Å². The summed E-state index contributed by atoms with van der Waals surface area (Å²) < 4.78 is 10.8. The average Bonchev–Trinajstić information content (AvgIpc) is 3.26. The van der Waals surface area contributed by atoms with E-state index in [1.165, 1.54) is 0 Å². The number of nitrogens with zero attached hydrogens (tertiary/aromatic N) is 3. The second kappa shape index (κ2) is 8.34. The van der Waals surface area contributed by atoms with Crippen LogP contribution >= 0.6 is 0 Å². The summed E-state index contributed by atoms with van der Waals surface area (Å²) in [5.74, 6) is 2.09. The summed E-state index contributed by atoms with van der Waals surface area (Å²) in [5, 5.41) is 7.12. The normalized spacial score (nSPS) is 14.6. The van der Waals surface area contributed by atoms with Crippen LogP contribution in [0.2, 0.25) is 0 Å². The number of carbonyl (C=O) groups excluding carboxylic acids is 1. The van der Waals surface area contributed by atoms with Gasteiger partial charge in [-0.05, 0) is 43.5 Å². The van der Waals surface area contributed by atoms with Gasteiger partial charge in [0.05, 0.1) is 7.11 Å². The van der Waals surface area contributed by atoms with Gasteiger partial charge in [-0.1, -0.05) is 35.5 Å². The Hall–Kier alpha value is -3.35. The van der Waals surface area contributed by atoms with E-state index in [4.69, 9.17) is 9.26 Å². The van der Waals surface area contributed by atoms with Crippen molar-refractivity contribution in [2.24, 2.45) is 0 Å². The molecular formula is C22H24N4O3. The van der Waals surface area contributed by atoms with Crippen molar-refractivity contribution in [3.8, 4) is 17.1 Å². The number of methoxy groups -OCH3 is 1. The summed E-state index contributed by atoms with van der Waals surface area (Å²) in [6.07, 6.45) is 1.59. The minimum absolute atomic E-state index is 0.0691. The van der Waals surface area contributed by atoms with E-state index in [2.05, 4.69) is 15.5 Å². The molecule has 1 aliphatic heterocycles. The molecule has 1 fully saturated rings. The number of hydrogen-bond acceptors (Lipinski definition) is 5. The van der Waals surface area contributed by atoms with Crippen LogP contribution in [0.3, 0.4) is 0 Å². The van der Waals surface area contributed by atoms with Gasteiger partial charge in [0.2, 0.25) is 11.7 Å². The number of likely N-dealkylation sites (tertiary alicyclic amines) is 1. The molecule has 29 heavy (non-hydrogen) atoms. The number of nitrogens with one attached hydrogen (secondary N) is 1. The van der Waals surface area contributed by atoms with Crippen molar-refractivity contribution >= 4 is 11.7 Å². The molecule has 2 aromatic carbocycles. The number of anilines is 1. The number of urea groups is 1. The fraction of sp³-hybridized carbons (Fsp3) is 0.318. The summed E-state index contributed by atoms with van der Waals surface area (Å²) in [6, 6.07) is 15.3. The lowest BCUT2D eigenvalue weighted by Crippen LogP contribution is -2.40. The molecule has 2 amide bonds. The van der Waals surface area contributed by atoms with Gasteiger partial charge in [-0.25, -0.2) is 4.79 Å². The molecule has 0 bridgehead atoms. The molecule has 1 N–H and O–H groups in total. The minimum atomic E-state index is -0.0691. The molecule has 7 heteroatoms. The Morgan fingerprint density at radius 1 is 1.17 bits per heavy atom. The van der Waals surface area contributed by atoms with Gasteiger partial charge in [0.1, 0.15) is 5.75 Å². The van der Waals surface area contributed by atoms with E-state index in [1.807, 2.05) is 60.4 Å². The number of benzene rings is 2. The van der Waals surface area contributed by atoms with Crippen LogP contribution in [0.15, 0.2) is 53.1 Å². The van der Waals surface area contributed by atoms with Crippen molar-refractivity contribution in [1.82, 2.24) is 15.0 Å². The maximum absolute atomic E-state index is 12.6. The average molecular weight is 392 g/mol. The van der Waals surface area contributed by atoms with Crippen LogP contribution in [-0.4, -0.2) is 41.3 Å². The lowest BCUT2D eigenvalue weighted by atomic mass is 9.97. The molecular weight excluding hydrogens is 368 g/mol. The lowest BCUT2D eigenvalue weighted by Gasteiger charge is -2.30. The number of piperidine rings is 1. The highest BCUT2D eigenvalue weighted by Gasteiger charge is 2.28. The second-order valence-corrected chi connectivity index (χ2v) is 7.19. The van der Waals surface area contributed by atoms with Crippen LogP contribution < -0.4 is 10.1 Å². The third kappa shape index (κ3) is 4.23. The van der Waals surface area contributed by atoms with E-state index in [0.29, 0.717) is 24.8 Å². The molecule has 3 aromatic rings. The van der Waals surface area contributed by atoms with E-state index in [1.54, 1.807) is 7.11 Å². The Balaban J connectivity index is 1.37. The van der Waals surface area contributed by atoms with E-state index < -0.39 is 0 Å². The summed E-state index contributed by atoms with van der Waals surface area (Å²) in [6.45, 7) is 3.29. The Morgan fingerprint density at radius 3 is 2.72 bits per heavy atom. The fourth-order valence-corrected chi connectivity index (χ4v) is 3.52. The van der Waals surface area contributed by atoms with Crippen molar-refractivity contribution in [2.45, 2.75) is 25.7 Å². The van der Waals surface area contributed by atoms with Crippen LogP contribution in [0.25, 0.3) is 11.4 Å². The summed E-state index contributed by atoms with van der Waals surface area (Å²) in [4.78, 5) is 19.0. The summed E-state index contributed by atoms with van der Waals surface area (Å²) in [7, 11) is 1.63. The minimum Gasteiger partial charge on any atom is -0.497 e. The standard InChI is InChI=1S/C22H24N4O3/c1-15-6-3-4-9-19(15)23-22(27)26-12-10-16(11-13-26)21-24-20(25-29-21)17-7-5-8-18(14-17)28-2/h3-9,14,16H,10-13H2,1-2H3,(H,23,27). The fourth-order valence-electron chi connectivity index (χ4n) is 3.52. The lowest BCUT2D eigenvalue weighted by molar-refractivity contribution is 0.187. The molecule has 0 radical (unpaired) electrons. The Kier molecular flexibility index (Phi) is 5.46. The number of amides is 2. The zero-order valence-corrected chi connectivity index (χ0v) is 16.6. The maximum atomic E-state index is 12.6. The van der Waals surface area contributed by atoms with Gasteiger partial charge >= 0.3 is 6.03 Å². The van der Waals surface area contributed by atoms with Crippen LogP contribution in [0, 0.1) is 6.92 Å². The number of ether oxygens (including phenoxy) is 1. The first-order chi connectivity index (χ1) is 14.1. The quantitative estimate of drug-likeness (QED) is 0.709. The largest absolute Gasteiger partial charge is 0.497 e. The van der Waals surface area contributed by atoms with Crippen LogP contribution in [0.4, 0.5) is 10.5 Å². The van der Waals surface area contributed by atoms with E-state index >= 15 is 0 Å². The van der Waals surface area contributed by atoms with Crippen molar-refractivity contribution in [2.75, 3.05) is 25.5 Å². The summed E-state index contributed by atoms with van der Waals surface area (Å²) in [5.41, 5.74) is 2.75. The molecule has 0 spiro atoms. The van der Waals surface area contributed by atoms with Crippen molar-refractivity contribution in [3.63, 3.8) is 0 Å². The predicted octanol–water partition coefficient (Wildman–Crippen LogP) is 4.47. The van der Waals surface area contributed by atoms with Crippen LogP contribution in [-0.2, 0) is 0 Å². The first-order valence-corrected chi connectivity index (χ1v) is 9.73. The predicted molar refractivity (Wildman–Crippen MR) is 110 cm³/mol. The highest BCUT2D eigenvalue weighted by molar-refractivity contribution is 5.90. The highest BCUT2D eigenvalue weighted by Crippen LogP contribution is 2.29. The zero-order chi connectivity index (χ0) is 20.2. The topological polar surface area (TPSA) is 80.5 Å². The first-order valence-electron chi connectivity index (χ1n) is 9.73. The van der Waals surface area contributed by atoms with Gasteiger partial charge in [0.15, 0.2) is 0 Å². The van der Waals surface area contributed by atoms with Gasteiger partial charge in [0, 0.05) is 30.3 Å². The Labute approximate surface area is 169 Å². The maximum Gasteiger partial charge on any atom is 0.321 e. The Bertz CT molecular complexity index is 993. The van der Waals surface area contributed by atoms with E-state index in [9.17, 15) is 4.79 Å². The van der Waals surface area contributed by atoms with Crippen molar-refractivity contribution < 1.29 is 14.1 Å². The molecule has 4 rings (SSSR count). The molecule has 0 saturated carbocycles. The smallest absolute Gasteiger partial charge is 0.321 e. The van der Waals surface area contributed by atoms with Gasteiger partial charge in [-0.2, -0.15) is 4.98 Å². The third-order valence-electron chi connectivity index (χ3n) is 5.29.